The van der Waals surface area contributed by atoms with Gasteiger partial charge in [-0.1, -0.05) is 30.3 Å². The Kier molecular flexibility index (Phi) is 6.88. The van der Waals surface area contributed by atoms with Gasteiger partial charge in [-0.3, -0.25) is 9.59 Å². The topological polar surface area (TPSA) is 95.7 Å². The normalized spacial score (nSPS) is 14.9. The van der Waals surface area contributed by atoms with Gasteiger partial charge in [0, 0.05) is 16.0 Å². The first-order chi connectivity index (χ1) is 17.4. The molecule has 0 spiro atoms. The first-order valence-corrected chi connectivity index (χ1v) is 14.7. The fourth-order valence-corrected chi connectivity index (χ4v) is 7.70. The summed E-state index contributed by atoms with van der Waals surface area (Å²) in [6.07, 6.45) is 1.18. The van der Waals surface area contributed by atoms with Crippen molar-refractivity contribution in [2.24, 2.45) is 0 Å². The zero-order valence-corrected chi connectivity index (χ0v) is 21.3. The van der Waals surface area contributed by atoms with Gasteiger partial charge >= 0.3 is 0 Å². The minimum absolute atomic E-state index is 0.0887. The Balaban J connectivity index is 1.23. The lowest BCUT2D eigenvalue weighted by Crippen LogP contribution is -2.42. The van der Waals surface area contributed by atoms with Crippen molar-refractivity contribution in [3.63, 3.8) is 0 Å². The zero-order chi connectivity index (χ0) is 25.1. The largest absolute Gasteiger partial charge is 0.397 e. The van der Waals surface area contributed by atoms with Gasteiger partial charge in [0.1, 0.15) is 17.6 Å². The number of benzene rings is 3. The maximum absolute atomic E-state index is 13.1. The van der Waals surface area contributed by atoms with Crippen LogP contribution in [0.15, 0.2) is 90.3 Å². The minimum atomic E-state index is -2.22. The van der Waals surface area contributed by atoms with Gasteiger partial charge in [0.05, 0.1) is 24.5 Å². The summed E-state index contributed by atoms with van der Waals surface area (Å²) in [4.78, 5) is 39.9. The maximum Gasteiger partial charge on any atom is 0.255 e. The molecule has 8 heteroatoms. The van der Waals surface area contributed by atoms with E-state index in [2.05, 4.69) is 5.32 Å². The monoisotopic (exact) mass is 516 g/mol. The Morgan fingerprint density at radius 1 is 0.889 bits per heavy atom. The Morgan fingerprint density at radius 3 is 2.25 bits per heavy atom. The first kappa shape index (κ1) is 24.2. The van der Waals surface area contributed by atoms with E-state index in [1.54, 1.807) is 46.6 Å². The Bertz CT molecular complexity index is 1370. The molecule has 0 aliphatic carbocycles. The molecule has 4 N–H and O–H groups in total. The fraction of sp³-hybridized carbons (Fsp3) is 0.143. The van der Waals surface area contributed by atoms with Gasteiger partial charge in [-0.15, -0.1) is 11.3 Å². The second-order valence-corrected chi connectivity index (χ2v) is 13.0. The molecule has 2 amide bonds. The van der Waals surface area contributed by atoms with Crippen LogP contribution in [0.4, 0.5) is 11.4 Å². The Hall–Kier alpha value is -3.51. The predicted molar refractivity (Wildman–Crippen MR) is 149 cm³/mol. The number of nitrogens with one attached hydrogen (secondary N) is 1. The molecule has 0 radical (unpaired) electrons. The van der Waals surface area contributed by atoms with Crippen LogP contribution in [0.3, 0.4) is 0 Å². The van der Waals surface area contributed by atoms with E-state index in [1.807, 2.05) is 60.0 Å². The standard InChI is InChI=1S/C28H26N3O3PS/c29-24-13-12-22(26-7-4-18-36-26)19-25(24)30-27(32)20-8-10-21(11-9-20)28(33)31-14-16-35(34,17-15-31)23-5-2-1-3-6-23/h1-13,18-19,34H,14-17H2,(H2-,29,30,32,33)/p+1. The molecule has 1 saturated heterocycles. The van der Waals surface area contributed by atoms with E-state index >= 15 is 0 Å². The number of carbonyl (C=O) groups is 2. The molecule has 36 heavy (non-hydrogen) atoms. The van der Waals surface area contributed by atoms with Crippen molar-refractivity contribution in [3.8, 4) is 10.4 Å². The summed E-state index contributed by atoms with van der Waals surface area (Å²) in [5.74, 6) is -0.381. The van der Waals surface area contributed by atoms with Crippen LogP contribution in [0, 0.1) is 0 Å². The Morgan fingerprint density at radius 2 is 1.58 bits per heavy atom. The third-order valence-electron chi connectivity index (χ3n) is 6.50. The average Bonchev–Trinajstić information content (AvgIpc) is 3.46. The molecular formula is C28H27N3O3PS+. The van der Waals surface area contributed by atoms with E-state index in [9.17, 15) is 14.5 Å². The summed E-state index contributed by atoms with van der Waals surface area (Å²) in [6, 6.07) is 26.0. The highest BCUT2D eigenvalue weighted by Crippen LogP contribution is 2.54. The zero-order valence-electron chi connectivity index (χ0n) is 19.6. The van der Waals surface area contributed by atoms with E-state index in [0.29, 0.717) is 47.9 Å². The molecule has 2 heterocycles. The number of thiophene rings is 1. The fourth-order valence-electron chi connectivity index (χ4n) is 4.36. The van der Waals surface area contributed by atoms with Crippen molar-refractivity contribution in [2.75, 3.05) is 36.5 Å². The number of nitrogens with zero attached hydrogens (tertiary/aromatic N) is 1. The van der Waals surface area contributed by atoms with E-state index in [4.69, 9.17) is 5.73 Å². The SMILES string of the molecule is Nc1ccc(-c2cccs2)cc1NC(=O)c1ccc(C(=O)N2CC[P+](O)(c3ccccc3)CC2)cc1. The van der Waals surface area contributed by atoms with E-state index in [1.165, 1.54) is 0 Å². The molecule has 5 rings (SSSR count). The van der Waals surface area contributed by atoms with Crippen LogP contribution >= 0.6 is 18.8 Å². The second kappa shape index (κ2) is 10.2. The molecule has 1 fully saturated rings. The van der Waals surface area contributed by atoms with Crippen LogP contribution in [0.1, 0.15) is 20.7 Å². The van der Waals surface area contributed by atoms with Crippen LogP contribution in [-0.2, 0) is 0 Å². The van der Waals surface area contributed by atoms with Crippen molar-refractivity contribution in [1.82, 2.24) is 4.90 Å². The van der Waals surface area contributed by atoms with Gasteiger partial charge in [-0.25, -0.2) is 4.89 Å². The molecule has 6 nitrogen and oxygen atoms in total. The molecule has 0 unspecified atom stereocenters. The van der Waals surface area contributed by atoms with Crippen molar-refractivity contribution in [2.45, 2.75) is 0 Å². The lowest BCUT2D eigenvalue weighted by atomic mass is 10.1. The van der Waals surface area contributed by atoms with Crippen molar-refractivity contribution in [3.05, 3.63) is 101 Å². The highest BCUT2D eigenvalue weighted by molar-refractivity contribution is 7.77. The van der Waals surface area contributed by atoms with Gasteiger partial charge in [-0.05, 0) is 65.5 Å². The summed E-state index contributed by atoms with van der Waals surface area (Å²) in [5.41, 5.74) is 9.08. The number of nitrogens with two attached hydrogens (primary N) is 1. The van der Waals surface area contributed by atoms with E-state index in [0.717, 1.165) is 15.7 Å². The van der Waals surface area contributed by atoms with E-state index < -0.39 is 7.49 Å². The number of carbonyl (C=O) groups excluding carboxylic acids is 2. The molecule has 1 aromatic heterocycles. The van der Waals surface area contributed by atoms with Crippen LogP contribution in [-0.4, -0.2) is 47.0 Å². The molecule has 1 aliphatic heterocycles. The van der Waals surface area contributed by atoms with Crippen LogP contribution in [0.2, 0.25) is 0 Å². The molecule has 1 aliphatic rings. The maximum atomic E-state index is 13.1. The third kappa shape index (κ3) is 5.05. The number of rotatable bonds is 5. The van der Waals surface area contributed by atoms with Crippen molar-refractivity contribution >= 4 is 47.3 Å². The highest BCUT2D eigenvalue weighted by Gasteiger charge is 2.43. The van der Waals surface area contributed by atoms with Gasteiger partial charge in [-0.2, -0.15) is 0 Å². The third-order valence-corrected chi connectivity index (χ3v) is 10.6. The van der Waals surface area contributed by atoms with Gasteiger partial charge in [0.25, 0.3) is 11.8 Å². The smallest absolute Gasteiger partial charge is 0.255 e. The summed E-state index contributed by atoms with van der Waals surface area (Å²) in [5, 5.41) is 5.88. The molecule has 182 valence electrons. The minimum Gasteiger partial charge on any atom is -0.397 e. The molecular weight excluding hydrogens is 489 g/mol. The first-order valence-electron chi connectivity index (χ1n) is 11.7. The molecule has 0 bridgehead atoms. The van der Waals surface area contributed by atoms with Gasteiger partial charge in [0.15, 0.2) is 7.49 Å². The number of anilines is 2. The molecule has 4 aromatic rings. The average molecular weight is 517 g/mol. The van der Waals surface area contributed by atoms with Gasteiger partial charge in [0.2, 0.25) is 0 Å². The van der Waals surface area contributed by atoms with Crippen LogP contribution in [0.5, 0.6) is 0 Å². The van der Waals surface area contributed by atoms with Crippen molar-refractivity contribution < 1.29 is 14.5 Å². The number of hydrogen-bond donors (Lipinski definition) is 3. The quantitative estimate of drug-likeness (QED) is 0.258. The van der Waals surface area contributed by atoms with E-state index in [-0.39, 0.29) is 11.8 Å². The summed E-state index contributed by atoms with van der Waals surface area (Å²) in [6.45, 7) is 1.03. The molecule has 0 saturated carbocycles. The number of hydrogen-bond acceptors (Lipinski definition) is 5. The number of nitrogen functional groups attached to an aromatic ring is 1. The predicted octanol–water partition coefficient (Wildman–Crippen LogP) is 4.96. The van der Waals surface area contributed by atoms with Crippen LogP contribution < -0.4 is 16.4 Å². The van der Waals surface area contributed by atoms with Crippen molar-refractivity contribution in [1.29, 1.82) is 0 Å². The molecule has 0 atom stereocenters. The second-order valence-electron chi connectivity index (χ2n) is 8.81. The lowest BCUT2D eigenvalue weighted by molar-refractivity contribution is 0.0768. The summed E-state index contributed by atoms with van der Waals surface area (Å²) >= 11 is 1.62. The van der Waals surface area contributed by atoms with Crippen LogP contribution in [0.25, 0.3) is 10.4 Å². The Labute approximate surface area is 214 Å². The highest BCUT2D eigenvalue weighted by atomic mass is 32.1. The number of amides is 2. The van der Waals surface area contributed by atoms with Gasteiger partial charge < -0.3 is 16.0 Å². The summed E-state index contributed by atoms with van der Waals surface area (Å²) in [7, 11) is -2.22. The lowest BCUT2D eigenvalue weighted by Gasteiger charge is -2.32. The molecule has 3 aromatic carbocycles. The summed E-state index contributed by atoms with van der Waals surface area (Å²) < 4.78 is 0.